The lowest BCUT2D eigenvalue weighted by Gasteiger charge is -2.44. The molecule has 30 heavy (non-hydrogen) atoms. The second-order valence-electron chi connectivity index (χ2n) is 11.3. The van der Waals surface area contributed by atoms with Crippen LogP contribution in [0.3, 0.4) is 0 Å². The van der Waals surface area contributed by atoms with Crippen LogP contribution in [-0.2, 0) is 0 Å². The highest BCUT2D eigenvalue weighted by atomic mass is 16.3. The predicted molar refractivity (Wildman–Crippen MR) is 124 cm³/mol. The van der Waals surface area contributed by atoms with Crippen molar-refractivity contribution in [1.29, 1.82) is 0 Å². The fraction of sp³-hybridized carbons (Fsp3) is 0.778. The summed E-state index contributed by atoms with van der Waals surface area (Å²) in [5.41, 5.74) is 3.34. The quantitative estimate of drug-likeness (QED) is 0.520. The Morgan fingerprint density at radius 2 is 1.90 bits per heavy atom. The van der Waals surface area contributed by atoms with E-state index < -0.39 is 11.7 Å². The highest BCUT2D eigenvalue weighted by Crippen LogP contribution is 2.60. The van der Waals surface area contributed by atoms with Crippen LogP contribution >= 0.6 is 0 Å². The maximum absolute atomic E-state index is 10.3. The van der Waals surface area contributed by atoms with Crippen LogP contribution < -0.4 is 0 Å². The Balaban J connectivity index is 1.69. The van der Waals surface area contributed by atoms with Gasteiger partial charge in [0.2, 0.25) is 0 Å². The van der Waals surface area contributed by atoms with Gasteiger partial charge in [-0.25, -0.2) is 0 Å². The first-order valence-electron chi connectivity index (χ1n) is 12.2. The van der Waals surface area contributed by atoms with Crippen LogP contribution in [0.4, 0.5) is 0 Å². The normalized spacial score (nSPS) is 37.4. The van der Waals surface area contributed by atoms with Gasteiger partial charge in [-0.3, -0.25) is 0 Å². The minimum Gasteiger partial charge on any atom is -0.393 e. The number of aliphatic hydroxyl groups is 3. The Hall–Kier alpha value is -0.900. The van der Waals surface area contributed by atoms with Gasteiger partial charge >= 0.3 is 0 Å². The monoisotopic (exact) mass is 416 g/mol. The molecule has 6 atom stereocenters. The molecule has 0 aromatic heterocycles. The van der Waals surface area contributed by atoms with Crippen molar-refractivity contribution in [2.24, 2.45) is 23.2 Å². The van der Waals surface area contributed by atoms with E-state index >= 15 is 0 Å². The highest BCUT2D eigenvalue weighted by molar-refractivity contribution is 5.36. The molecule has 3 fully saturated rings. The van der Waals surface area contributed by atoms with Gasteiger partial charge in [0.15, 0.2) is 0 Å². The van der Waals surface area contributed by atoms with Gasteiger partial charge in [0.05, 0.1) is 17.8 Å². The zero-order valence-corrected chi connectivity index (χ0v) is 19.7. The van der Waals surface area contributed by atoms with Crippen LogP contribution in [0.5, 0.6) is 0 Å². The molecule has 0 radical (unpaired) electrons. The third-order valence-electron chi connectivity index (χ3n) is 8.62. The van der Waals surface area contributed by atoms with Gasteiger partial charge in [0.25, 0.3) is 0 Å². The molecule has 2 unspecified atom stereocenters. The van der Waals surface area contributed by atoms with Crippen molar-refractivity contribution in [2.45, 2.75) is 110 Å². The summed E-state index contributed by atoms with van der Waals surface area (Å²) in [4.78, 5) is 0. The molecule has 3 saturated carbocycles. The van der Waals surface area contributed by atoms with E-state index in [0.29, 0.717) is 29.6 Å². The van der Waals surface area contributed by atoms with E-state index in [2.05, 4.69) is 32.6 Å². The molecule has 0 aromatic carbocycles. The first-order chi connectivity index (χ1) is 14.0. The van der Waals surface area contributed by atoms with Crippen molar-refractivity contribution in [3.05, 3.63) is 35.5 Å². The summed E-state index contributed by atoms with van der Waals surface area (Å²) in [7, 11) is 0. The van der Waals surface area contributed by atoms with Crippen molar-refractivity contribution in [3.63, 3.8) is 0 Å². The summed E-state index contributed by atoms with van der Waals surface area (Å²) in [6, 6.07) is 0. The molecule has 3 aliphatic rings. The number of allylic oxidation sites excluding steroid dienone is 4. The standard InChI is InChI=1S/C27H44O3/c1-18-8-12-22(28)17-21(18)11-10-20-7-6-16-27(5)23(13-14-24(20)27)19(2)9-15-25(29)26(3,4)30/h10-11,19,22-25,28-30H,1,6-9,12-17H2,2-5H3/t19?,22-,23+,24-,25?,27+/m0/s1. The number of hydrogen-bond donors (Lipinski definition) is 3. The lowest BCUT2D eigenvalue weighted by molar-refractivity contribution is -0.0554. The van der Waals surface area contributed by atoms with E-state index in [4.69, 9.17) is 0 Å². The maximum atomic E-state index is 10.3. The summed E-state index contributed by atoms with van der Waals surface area (Å²) in [6.07, 6.45) is 14.1. The second kappa shape index (κ2) is 9.30. The van der Waals surface area contributed by atoms with E-state index in [-0.39, 0.29) is 6.10 Å². The maximum Gasteiger partial charge on any atom is 0.0849 e. The summed E-state index contributed by atoms with van der Waals surface area (Å²) in [5.74, 6) is 1.89. The van der Waals surface area contributed by atoms with Crippen molar-refractivity contribution in [1.82, 2.24) is 0 Å². The van der Waals surface area contributed by atoms with Gasteiger partial charge in [0, 0.05) is 0 Å². The van der Waals surface area contributed by atoms with E-state index in [1.807, 2.05) is 0 Å². The van der Waals surface area contributed by atoms with E-state index in [0.717, 1.165) is 25.7 Å². The number of rotatable bonds is 6. The zero-order chi connectivity index (χ0) is 22.1. The average molecular weight is 417 g/mol. The molecule has 0 amide bonds. The van der Waals surface area contributed by atoms with Crippen LogP contribution in [0.25, 0.3) is 0 Å². The van der Waals surface area contributed by atoms with Crippen LogP contribution in [0.15, 0.2) is 35.5 Å². The van der Waals surface area contributed by atoms with E-state index in [1.54, 1.807) is 19.4 Å². The van der Waals surface area contributed by atoms with Gasteiger partial charge in [-0.05, 0) is 107 Å². The fourth-order valence-corrected chi connectivity index (χ4v) is 6.58. The molecule has 0 saturated heterocycles. The van der Waals surface area contributed by atoms with Crippen molar-refractivity contribution in [3.8, 4) is 0 Å². The summed E-state index contributed by atoms with van der Waals surface area (Å²) < 4.78 is 0. The minimum atomic E-state index is -1.02. The molecular formula is C27H44O3. The first-order valence-corrected chi connectivity index (χ1v) is 12.2. The lowest BCUT2D eigenvalue weighted by atomic mass is 9.60. The molecule has 3 nitrogen and oxygen atoms in total. The Bertz CT molecular complexity index is 683. The van der Waals surface area contributed by atoms with Crippen molar-refractivity contribution >= 4 is 0 Å². The molecule has 0 bridgehead atoms. The Kier molecular flexibility index (Phi) is 7.37. The Labute approximate surface area is 184 Å². The van der Waals surface area contributed by atoms with Crippen LogP contribution in [0.2, 0.25) is 0 Å². The van der Waals surface area contributed by atoms with Gasteiger partial charge in [-0.2, -0.15) is 0 Å². The molecule has 3 N–H and O–H groups in total. The van der Waals surface area contributed by atoms with Crippen LogP contribution in [-0.4, -0.2) is 33.1 Å². The highest BCUT2D eigenvalue weighted by Gasteiger charge is 2.50. The SMILES string of the molecule is C=C1CC[C@H](O)CC1=CC=C1CCC[C@]2(C)[C@@H](C(C)CCC(O)C(C)(C)O)CC[C@@H]12. The molecular weight excluding hydrogens is 372 g/mol. The number of aliphatic hydroxyl groups excluding tert-OH is 2. The lowest BCUT2D eigenvalue weighted by Crippen LogP contribution is -2.38. The van der Waals surface area contributed by atoms with Crippen LogP contribution in [0, 0.1) is 23.2 Å². The summed E-state index contributed by atoms with van der Waals surface area (Å²) >= 11 is 0. The topological polar surface area (TPSA) is 60.7 Å². The molecule has 0 heterocycles. The molecule has 3 aliphatic carbocycles. The Morgan fingerprint density at radius 1 is 1.17 bits per heavy atom. The Morgan fingerprint density at radius 3 is 2.60 bits per heavy atom. The second-order valence-corrected chi connectivity index (χ2v) is 11.3. The van der Waals surface area contributed by atoms with Gasteiger partial charge in [-0.1, -0.05) is 43.7 Å². The number of fused-ring (bicyclic) bond motifs is 1. The summed E-state index contributed by atoms with van der Waals surface area (Å²) in [6.45, 7) is 12.5. The largest absolute Gasteiger partial charge is 0.393 e. The third kappa shape index (κ3) is 5.11. The minimum absolute atomic E-state index is 0.215. The van der Waals surface area contributed by atoms with E-state index in [1.165, 1.54) is 43.3 Å². The van der Waals surface area contributed by atoms with Gasteiger partial charge in [-0.15, -0.1) is 0 Å². The zero-order valence-electron chi connectivity index (χ0n) is 19.7. The van der Waals surface area contributed by atoms with E-state index in [9.17, 15) is 15.3 Å². The fourth-order valence-electron chi connectivity index (χ4n) is 6.58. The van der Waals surface area contributed by atoms with Crippen LogP contribution in [0.1, 0.15) is 91.9 Å². The first kappa shape index (κ1) is 23.8. The van der Waals surface area contributed by atoms with Gasteiger partial charge in [0.1, 0.15) is 0 Å². The molecule has 0 spiro atoms. The molecule has 170 valence electrons. The van der Waals surface area contributed by atoms with Gasteiger partial charge < -0.3 is 15.3 Å². The number of hydrogen-bond acceptors (Lipinski definition) is 3. The third-order valence-corrected chi connectivity index (χ3v) is 8.62. The predicted octanol–water partition coefficient (Wildman–Crippen LogP) is 5.70. The molecule has 0 aliphatic heterocycles. The molecule has 3 rings (SSSR count). The molecule has 3 heteroatoms. The smallest absolute Gasteiger partial charge is 0.0849 e. The van der Waals surface area contributed by atoms with Crippen molar-refractivity contribution < 1.29 is 15.3 Å². The summed E-state index contributed by atoms with van der Waals surface area (Å²) in [5, 5.41) is 30.3. The average Bonchev–Trinajstić information content (AvgIpc) is 3.03. The molecule has 0 aromatic rings. The van der Waals surface area contributed by atoms with Crippen molar-refractivity contribution in [2.75, 3.05) is 0 Å².